The van der Waals surface area contributed by atoms with Crippen LogP contribution in [0.4, 0.5) is 10.5 Å². The summed E-state index contributed by atoms with van der Waals surface area (Å²) >= 11 is 0. The van der Waals surface area contributed by atoms with Gasteiger partial charge in [-0.2, -0.15) is 14.8 Å². The minimum Gasteiger partial charge on any atom is -0.493 e. The lowest BCUT2D eigenvalue weighted by atomic mass is 9.85. The number of piperidine rings is 1. The van der Waals surface area contributed by atoms with E-state index >= 15 is 0 Å². The fourth-order valence-electron chi connectivity index (χ4n) is 6.83. The van der Waals surface area contributed by atoms with E-state index in [9.17, 15) is 28.5 Å². The first kappa shape index (κ1) is 33.0. The molecule has 0 aliphatic carbocycles. The molecule has 248 valence electrons. The number of rotatable bonds is 7. The summed E-state index contributed by atoms with van der Waals surface area (Å²) in [5, 5.41) is 19.6. The molecule has 2 amide bonds. The zero-order chi connectivity index (χ0) is 34.1. The largest absolute Gasteiger partial charge is 0.493 e. The minimum atomic E-state index is -4.73. The molecule has 3 aromatic carbocycles. The number of fused-ring (bicyclic) bond motifs is 1. The Morgan fingerprint density at radius 3 is 2.29 bits per heavy atom. The van der Waals surface area contributed by atoms with Crippen molar-refractivity contribution in [1.82, 2.24) is 14.7 Å². The Bertz CT molecular complexity index is 1920. The lowest BCUT2D eigenvalue weighted by Crippen LogP contribution is -2.55. The lowest BCUT2D eigenvalue weighted by Gasteiger charge is -2.42. The number of amides is 2. The molecule has 2 saturated heterocycles. The normalized spacial score (nSPS) is 20.5. The molecule has 0 bridgehead atoms. The second kappa shape index (κ2) is 13.3. The van der Waals surface area contributed by atoms with Crippen LogP contribution in [0.3, 0.4) is 0 Å². The molecule has 13 heteroatoms. The number of likely N-dealkylation sites (tertiary alicyclic amines) is 1. The van der Waals surface area contributed by atoms with E-state index in [2.05, 4.69) is 16.8 Å². The molecular weight excluding hydrogens is 632 g/mol. The van der Waals surface area contributed by atoms with Crippen molar-refractivity contribution < 1.29 is 27.5 Å². The van der Waals surface area contributed by atoms with Gasteiger partial charge in [0.05, 0.1) is 35.1 Å². The van der Waals surface area contributed by atoms with Crippen LogP contribution < -0.4 is 9.04 Å². The number of sulfonamides is 1. The Morgan fingerprint density at radius 1 is 0.917 bits per heavy atom. The van der Waals surface area contributed by atoms with Crippen LogP contribution in [0.25, 0.3) is 0 Å². The first-order valence-corrected chi connectivity index (χ1v) is 17.4. The van der Waals surface area contributed by atoms with Crippen LogP contribution in [0.15, 0.2) is 71.6 Å². The number of nitrogens with zero attached hydrogens (tertiary/aromatic N) is 6. The second-order valence-electron chi connectivity index (χ2n) is 12.1. The summed E-state index contributed by atoms with van der Waals surface area (Å²) in [6.45, 7) is 5.94. The molecule has 1 atom stereocenters. The topological polar surface area (TPSA) is 147 Å². The molecule has 12 nitrogen and oxygen atoms in total. The summed E-state index contributed by atoms with van der Waals surface area (Å²) in [5.74, 6) is -0.885. The van der Waals surface area contributed by atoms with Gasteiger partial charge in [-0.25, -0.2) is 13.2 Å². The molecule has 3 aliphatic rings. The third-order valence-corrected chi connectivity index (χ3v) is 11.1. The summed E-state index contributed by atoms with van der Waals surface area (Å²) in [7, 11) is -2.62. The first-order chi connectivity index (χ1) is 23.1. The van der Waals surface area contributed by atoms with Crippen LogP contribution in [0.5, 0.6) is 5.75 Å². The van der Waals surface area contributed by atoms with Crippen molar-refractivity contribution in [3.05, 3.63) is 89.0 Å². The van der Waals surface area contributed by atoms with E-state index in [4.69, 9.17) is 9.47 Å². The van der Waals surface area contributed by atoms with Crippen LogP contribution >= 0.6 is 0 Å². The van der Waals surface area contributed by atoms with E-state index in [0.29, 0.717) is 36.5 Å². The average Bonchev–Trinajstić information content (AvgIpc) is 3.36. The van der Waals surface area contributed by atoms with Crippen LogP contribution in [0, 0.1) is 22.7 Å². The molecule has 0 radical (unpaired) electrons. The van der Waals surface area contributed by atoms with Gasteiger partial charge in [0.25, 0.3) is 15.9 Å². The average molecular weight is 669 g/mol. The summed E-state index contributed by atoms with van der Waals surface area (Å²) in [6, 6.07) is 20.5. The number of carbonyl (C=O) groups excluding carboxylic acids is 2. The zero-order valence-corrected chi connectivity index (χ0v) is 27.6. The number of carbonyl (C=O) groups is 2. The maximum Gasteiger partial charge on any atom is 0.411 e. The van der Waals surface area contributed by atoms with Gasteiger partial charge >= 0.3 is 6.09 Å². The first-order valence-electron chi connectivity index (χ1n) is 15.9. The van der Waals surface area contributed by atoms with Crippen LogP contribution in [-0.4, -0.2) is 94.1 Å². The maximum atomic E-state index is 15.0. The minimum absolute atomic E-state index is 0.00460. The molecule has 3 heterocycles. The number of nitriles is 2. The van der Waals surface area contributed by atoms with E-state index in [1.54, 1.807) is 31.2 Å². The van der Waals surface area contributed by atoms with Gasteiger partial charge in [-0.3, -0.25) is 9.69 Å². The molecule has 0 spiro atoms. The Labute approximate surface area is 280 Å². The highest BCUT2D eigenvalue weighted by atomic mass is 32.2. The highest BCUT2D eigenvalue weighted by Crippen LogP contribution is 2.52. The smallest absolute Gasteiger partial charge is 0.411 e. The van der Waals surface area contributed by atoms with Gasteiger partial charge in [0.1, 0.15) is 16.7 Å². The van der Waals surface area contributed by atoms with Gasteiger partial charge in [-0.05, 0) is 76.3 Å². The number of benzene rings is 3. The van der Waals surface area contributed by atoms with Gasteiger partial charge < -0.3 is 19.3 Å². The summed E-state index contributed by atoms with van der Waals surface area (Å²) in [6.07, 6.45) is 1.29. The molecule has 0 aromatic heterocycles. The lowest BCUT2D eigenvalue weighted by molar-refractivity contribution is -0.132. The van der Waals surface area contributed by atoms with Crippen LogP contribution in [-0.2, 0) is 25.2 Å². The standard InChI is InChI=1S/C35H36N6O6S/c1-3-46-31-10-6-5-9-28(31)35(47-34(43)40-20-18-39(19-21-40)27-14-16-38(2)17-15-27)29-22-25(23-36)12-13-30(29)41(33(35)42)48(44,45)32-11-7-4-8-26(32)24-37/h4-13,22,27H,3,14-21H2,1-2H3. The fraction of sp³-hybridized carbons (Fsp3) is 0.371. The van der Waals surface area contributed by atoms with Gasteiger partial charge in [0.2, 0.25) is 5.60 Å². The number of anilines is 1. The SMILES string of the molecule is CCOc1ccccc1C1(OC(=O)N2CCN(C3CCN(C)CC3)CC2)C(=O)N(S(=O)(=O)c2ccccc2C#N)c2ccc(C#N)cc21. The Kier molecular flexibility index (Phi) is 9.12. The van der Waals surface area contributed by atoms with Gasteiger partial charge in [-0.1, -0.05) is 30.3 Å². The molecule has 6 rings (SSSR count). The van der Waals surface area contributed by atoms with Crippen molar-refractivity contribution in [3.63, 3.8) is 0 Å². The Morgan fingerprint density at radius 2 is 1.60 bits per heavy atom. The van der Waals surface area contributed by atoms with Crippen LogP contribution in [0.1, 0.15) is 42.0 Å². The monoisotopic (exact) mass is 668 g/mol. The van der Waals surface area contributed by atoms with Crippen molar-refractivity contribution in [1.29, 1.82) is 10.5 Å². The van der Waals surface area contributed by atoms with Gasteiger partial charge in [0, 0.05) is 37.8 Å². The number of hydrogen-bond donors (Lipinski definition) is 0. The third kappa shape index (κ3) is 5.64. The molecule has 48 heavy (non-hydrogen) atoms. The molecule has 2 fully saturated rings. The van der Waals surface area contributed by atoms with Gasteiger partial charge in [0.15, 0.2) is 0 Å². The quantitative estimate of drug-likeness (QED) is 0.366. The maximum absolute atomic E-state index is 15.0. The number of hydrogen-bond acceptors (Lipinski definition) is 10. The van der Waals surface area contributed by atoms with E-state index < -0.39 is 27.6 Å². The number of piperazine rings is 1. The zero-order valence-electron chi connectivity index (χ0n) is 26.8. The summed E-state index contributed by atoms with van der Waals surface area (Å²) in [5.41, 5.74) is -2.37. The molecule has 1 unspecified atom stereocenters. The van der Waals surface area contributed by atoms with E-state index in [-0.39, 0.29) is 45.2 Å². The van der Waals surface area contributed by atoms with Crippen LogP contribution in [0.2, 0.25) is 0 Å². The predicted octanol–water partition coefficient (Wildman–Crippen LogP) is 3.66. The number of ether oxygens (including phenoxy) is 2. The fourth-order valence-corrected chi connectivity index (χ4v) is 8.44. The second-order valence-corrected chi connectivity index (χ2v) is 13.8. The number of para-hydroxylation sites is 1. The Hall–Kier alpha value is -4.95. The van der Waals surface area contributed by atoms with Crippen molar-refractivity contribution >= 4 is 27.7 Å². The molecule has 0 N–H and O–H groups in total. The van der Waals surface area contributed by atoms with Crippen molar-refractivity contribution in [2.45, 2.75) is 36.3 Å². The van der Waals surface area contributed by atoms with Gasteiger partial charge in [-0.15, -0.1) is 0 Å². The molecule has 3 aromatic rings. The third-order valence-electron chi connectivity index (χ3n) is 9.32. The van der Waals surface area contributed by atoms with E-state index in [1.165, 1.54) is 47.4 Å². The van der Waals surface area contributed by atoms with E-state index in [0.717, 1.165) is 25.9 Å². The Balaban J connectivity index is 1.45. The van der Waals surface area contributed by atoms with Crippen molar-refractivity contribution in [2.24, 2.45) is 0 Å². The van der Waals surface area contributed by atoms with Crippen molar-refractivity contribution in [3.8, 4) is 17.9 Å². The van der Waals surface area contributed by atoms with E-state index in [1.807, 2.05) is 12.1 Å². The highest BCUT2D eigenvalue weighted by Gasteiger charge is 2.61. The summed E-state index contributed by atoms with van der Waals surface area (Å²) < 4.78 is 41.5. The molecular formula is C35H36N6O6S. The molecule has 0 saturated carbocycles. The summed E-state index contributed by atoms with van der Waals surface area (Å²) in [4.78, 5) is 35.0. The predicted molar refractivity (Wildman–Crippen MR) is 176 cm³/mol. The molecule has 3 aliphatic heterocycles. The van der Waals surface area contributed by atoms with Crippen molar-refractivity contribution in [2.75, 3.05) is 57.2 Å². The highest BCUT2D eigenvalue weighted by molar-refractivity contribution is 7.93.